The van der Waals surface area contributed by atoms with Crippen molar-refractivity contribution in [1.82, 2.24) is 15.0 Å². The highest BCUT2D eigenvalue weighted by atomic mass is 14.8. The van der Waals surface area contributed by atoms with Gasteiger partial charge in [0, 0.05) is 34.3 Å². The van der Waals surface area contributed by atoms with Crippen molar-refractivity contribution >= 4 is 54.1 Å². The van der Waals surface area contributed by atoms with E-state index < -0.39 is 0 Å². The molecule has 0 aliphatic carbocycles. The molecule has 0 aliphatic heterocycles. The maximum absolute atomic E-state index is 4.98. The lowest BCUT2D eigenvalue weighted by Crippen LogP contribution is -1.90. The van der Waals surface area contributed by atoms with E-state index in [1.165, 1.54) is 32.3 Å². The topological polar surface area (TPSA) is 38.7 Å². The van der Waals surface area contributed by atoms with Crippen molar-refractivity contribution in [2.75, 3.05) is 0 Å². The summed E-state index contributed by atoms with van der Waals surface area (Å²) < 4.78 is 0. The average molecular weight is 484 g/mol. The molecule has 176 valence electrons. The minimum absolute atomic E-state index is 0.894. The zero-order chi connectivity index (χ0) is 25.1. The van der Waals surface area contributed by atoms with E-state index in [-0.39, 0.29) is 0 Å². The fourth-order valence-electron chi connectivity index (χ4n) is 5.67. The van der Waals surface area contributed by atoms with Crippen molar-refractivity contribution in [3.8, 4) is 22.5 Å². The third kappa shape index (κ3) is 3.19. The Balaban J connectivity index is 1.24. The molecule has 3 heteroatoms. The fraction of sp³-hybridized carbons (Fsp3) is 0. The Morgan fingerprint density at radius 3 is 1.71 bits per heavy atom. The summed E-state index contributed by atoms with van der Waals surface area (Å²) in [5, 5.41) is 9.80. The molecule has 0 unspecified atom stereocenters. The van der Waals surface area contributed by atoms with E-state index in [1.807, 2.05) is 18.5 Å². The Morgan fingerprint density at radius 1 is 0.395 bits per heavy atom. The molecule has 0 saturated heterocycles. The van der Waals surface area contributed by atoms with Crippen LogP contribution in [0.15, 0.2) is 128 Å². The van der Waals surface area contributed by atoms with Crippen molar-refractivity contribution in [3.05, 3.63) is 128 Å². The minimum Gasteiger partial charge on any atom is -0.256 e. The third-order valence-corrected chi connectivity index (χ3v) is 7.53. The van der Waals surface area contributed by atoms with Crippen LogP contribution in [0.5, 0.6) is 0 Å². The molecule has 8 aromatic rings. The number of hydrogen-bond donors (Lipinski definition) is 0. The zero-order valence-electron chi connectivity index (χ0n) is 20.5. The van der Waals surface area contributed by atoms with E-state index in [0.717, 1.165) is 44.3 Å². The van der Waals surface area contributed by atoms with Crippen LogP contribution < -0.4 is 0 Å². The first-order valence-corrected chi connectivity index (χ1v) is 12.8. The summed E-state index contributed by atoms with van der Waals surface area (Å²) in [6, 6.07) is 40.6. The van der Waals surface area contributed by atoms with Crippen molar-refractivity contribution in [1.29, 1.82) is 0 Å². The normalized spacial score (nSPS) is 11.7. The second-order valence-electron chi connectivity index (χ2n) is 9.69. The average Bonchev–Trinajstić information content (AvgIpc) is 3.01. The summed E-state index contributed by atoms with van der Waals surface area (Å²) in [7, 11) is 0. The Morgan fingerprint density at radius 2 is 1.00 bits per heavy atom. The molecule has 3 nitrogen and oxygen atoms in total. The van der Waals surface area contributed by atoms with Crippen molar-refractivity contribution in [2.24, 2.45) is 0 Å². The van der Waals surface area contributed by atoms with Crippen LogP contribution in [0.3, 0.4) is 0 Å². The number of fused-ring (bicyclic) bond motifs is 9. The van der Waals surface area contributed by atoms with Gasteiger partial charge in [0.2, 0.25) is 0 Å². The van der Waals surface area contributed by atoms with Crippen LogP contribution in [-0.4, -0.2) is 15.0 Å². The molecule has 0 bridgehead atoms. The first-order valence-electron chi connectivity index (χ1n) is 12.8. The van der Waals surface area contributed by atoms with Crippen LogP contribution in [0.1, 0.15) is 0 Å². The molecule has 3 heterocycles. The van der Waals surface area contributed by atoms with Crippen LogP contribution >= 0.6 is 0 Å². The van der Waals surface area contributed by atoms with Gasteiger partial charge in [0.25, 0.3) is 0 Å². The largest absolute Gasteiger partial charge is 0.256 e. The quantitative estimate of drug-likeness (QED) is 0.230. The Kier molecular flexibility index (Phi) is 4.52. The van der Waals surface area contributed by atoms with Gasteiger partial charge in [-0.05, 0) is 62.6 Å². The zero-order valence-corrected chi connectivity index (χ0v) is 20.5. The summed E-state index contributed by atoms with van der Waals surface area (Å²) in [6.07, 6.45) is 3.74. The molecule has 0 radical (unpaired) electrons. The van der Waals surface area contributed by atoms with Gasteiger partial charge in [0.1, 0.15) is 0 Å². The highest BCUT2D eigenvalue weighted by molar-refractivity contribution is 6.25. The van der Waals surface area contributed by atoms with Gasteiger partial charge in [-0.1, -0.05) is 84.9 Å². The predicted octanol–water partition coefficient (Wildman–Crippen LogP) is 8.97. The number of nitrogens with zero attached hydrogens (tertiary/aromatic N) is 3. The number of aromatic nitrogens is 3. The molecule has 0 N–H and O–H groups in total. The highest BCUT2D eigenvalue weighted by Crippen LogP contribution is 2.37. The molecule has 38 heavy (non-hydrogen) atoms. The molecule has 3 aromatic heterocycles. The van der Waals surface area contributed by atoms with Crippen molar-refractivity contribution in [2.45, 2.75) is 0 Å². The molecule has 8 rings (SSSR count). The van der Waals surface area contributed by atoms with Gasteiger partial charge in [0.05, 0.1) is 22.4 Å². The van der Waals surface area contributed by atoms with Crippen LogP contribution in [0.2, 0.25) is 0 Å². The van der Waals surface area contributed by atoms with Gasteiger partial charge in [-0.2, -0.15) is 0 Å². The van der Waals surface area contributed by atoms with Crippen LogP contribution in [0.25, 0.3) is 76.6 Å². The smallest absolute Gasteiger partial charge is 0.0972 e. The highest BCUT2D eigenvalue weighted by Gasteiger charge is 2.11. The second-order valence-corrected chi connectivity index (χ2v) is 9.69. The van der Waals surface area contributed by atoms with Crippen LogP contribution in [-0.2, 0) is 0 Å². The Hall–Kier alpha value is -5.15. The van der Waals surface area contributed by atoms with Gasteiger partial charge in [-0.25, -0.2) is 4.98 Å². The van der Waals surface area contributed by atoms with Crippen LogP contribution in [0, 0.1) is 0 Å². The summed E-state index contributed by atoms with van der Waals surface area (Å²) >= 11 is 0. The summed E-state index contributed by atoms with van der Waals surface area (Å²) in [6.45, 7) is 0. The number of rotatable bonds is 2. The molecule has 0 saturated carbocycles. The fourth-order valence-corrected chi connectivity index (χ4v) is 5.67. The van der Waals surface area contributed by atoms with Gasteiger partial charge in [-0.15, -0.1) is 0 Å². The molecule has 0 amide bonds. The molecule has 0 spiro atoms. The van der Waals surface area contributed by atoms with Crippen LogP contribution in [0.4, 0.5) is 0 Å². The predicted molar refractivity (Wildman–Crippen MR) is 158 cm³/mol. The summed E-state index contributed by atoms with van der Waals surface area (Å²) in [5.41, 5.74) is 5.77. The lowest BCUT2D eigenvalue weighted by molar-refractivity contribution is 1.30. The molecule has 0 atom stereocenters. The maximum atomic E-state index is 4.98. The summed E-state index contributed by atoms with van der Waals surface area (Å²) in [4.78, 5) is 14.4. The Bertz CT molecular complexity index is 2140. The first kappa shape index (κ1) is 21.0. The second kappa shape index (κ2) is 8.19. The molecular formula is C35H21N3. The monoisotopic (exact) mass is 483 g/mol. The van der Waals surface area contributed by atoms with Gasteiger partial charge < -0.3 is 0 Å². The Labute approximate surface area is 219 Å². The number of pyridine rings is 3. The lowest BCUT2D eigenvalue weighted by atomic mass is 9.93. The standard InChI is InChI=1S/C35H21N3/c1-2-9-28-26(7-1)27-8-3-4-10-29(27)31-20-24(13-16-30(28)31)32-17-15-25(21-37-32)33-18-14-23-12-11-22-6-5-19-36-34(22)35(23)38-33/h1-21H. The van der Waals surface area contributed by atoms with E-state index in [1.54, 1.807) is 0 Å². The third-order valence-electron chi connectivity index (χ3n) is 7.53. The van der Waals surface area contributed by atoms with Crippen molar-refractivity contribution < 1.29 is 0 Å². The van der Waals surface area contributed by atoms with E-state index in [9.17, 15) is 0 Å². The van der Waals surface area contributed by atoms with E-state index in [4.69, 9.17) is 9.97 Å². The molecular weight excluding hydrogens is 462 g/mol. The molecule has 0 fully saturated rings. The summed E-state index contributed by atoms with van der Waals surface area (Å²) in [5.74, 6) is 0. The van der Waals surface area contributed by atoms with Gasteiger partial charge in [0.15, 0.2) is 0 Å². The van der Waals surface area contributed by atoms with Gasteiger partial charge >= 0.3 is 0 Å². The van der Waals surface area contributed by atoms with Gasteiger partial charge in [-0.3, -0.25) is 9.97 Å². The number of benzene rings is 5. The van der Waals surface area contributed by atoms with E-state index in [2.05, 4.69) is 114 Å². The molecule has 0 aliphatic rings. The van der Waals surface area contributed by atoms with Crippen molar-refractivity contribution in [3.63, 3.8) is 0 Å². The lowest BCUT2D eigenvalue weighted by Gasteiger charge is -2.12. The SMILES string of the molecule is c1cnc2c(c1)ccc1ccc(-c3ccc(-c4ccc5c6ccccc6c6ccccc6c5c4)nc3)nc12. The van der Waals surface area contributed by atoms with E-state index >= 15 is 0 Å². The number of hydrogen-bond acceptors (Lipinski definition) is 3. The first-order chi connectivity index (χ1) is 18.8. The van der Waals surface area contributed by atoms with E-state index in [0.29, 0.717) is 0 Å². The maximum Gasteiger partial charge on any atom is 0.0972 e. The minimum atomic E-state index is 0.894. The molecule has 5 aromatic carbocycles.